The molecule has 1 aromatic carbocycles. The number of hydrogen-bond donors (Lipinski definition) is 3. The summed E-state index contributed by atoms with van der Waals surface area (Å²) in [4.78, 5) is 12.2. The van der Waals surface area contributed by atoms with Gasteiger partial charge in [-0.05, 0) is 18.6 Å². The van der Waals surface area contributed by atoms with Gasteiger partial charge in [-0.2, -0.15) is 0 Å². The van der Waals surface area contributed by atoms with Crippen LogP contribution in [0.5, 0.6) is 0 Å². The molecule has 1 aliphatic rings. The van der Waals surface area contributed by atoms with Crippen molar-refractivity contribution in [3.05, 3.63) is 24.3 Å². The molecule has 1 atom stereocenters. The van der Waals surface area contributed by atoms with E-state index in [1.807, 2.05) is 0 Å². The number of amides is 1. The number of ether oxygens (including phenoxy) is 1. The third-order valence-electron chi connectivity index (χ3n) is 2.97. The van der Waals surface area contributed by atoms with E-state index in [-0.39, 0.29) is 6.61 Å². The Morgan fingerprint density at radius 1 is 1.35 bits per heavy atom. The molecule has 0 bridgehead atoms. The topological polar surface area (TPSA) is 111 Å². The summed E-state index contributed by atoms with van der Waals surface area (Å²) in [5, 5.41) is 2.64. The normalized spacial score (nSPS) is 22.5. The van der Waals surface area contributed by atoms with Crippen LogP contribution in [0.3, 0.4) is 0 Å². The van der Waals surface area contributed by atoms with Crippen molar-refractivity contribution in [1.29, 1.82) is 0 Å². The second kappa shape index (κ2) is 5.39. The monoisotopic (exact) mass is 299 g/mol. The Balaban J connectivity index is 2.19. The molecule has 1 aliphatic heterocycles. The van der Waals surface area contributed by atoms with Gasteiger partial charge in [0.2, 0.25) is 15.9 Å². The van der Waals surface area contributed by atoms with E-state index in [0.717, 1.165) is 6.26 Å². The molecule has 2 rings (SSSR count). The second-order valence-electron chi connectivity index (χ2n) is 4.83. The number of anilines is 2. The van der Waals surface area contributed by atoms with Gasteiger partial charge in [-0.15, -0.1) is 0 Å². The summed E-state index contributed by atoms with van der Waals surface area (Å²) in [7, 11) is -3.43. The average Bonchev–Trinajstić information content (AvgIpc) is 2.78. The molecule has 20 heavy (non-hydrogen) atoms. The Bertz CT molecular complexity index is 609. The van der Waals surface area contributed by atoms with Gasteiger partial charge < -0.3 is 15.8 Å². The fourth-order valence-corrected chi connectivity index (χ4v) is 2.46. The maximum atomic E-state index is 12.2. The highest BCUT2D eigenvalue weighted by atomic mass is 32.2. The summed E-state index contributed by atoms with van der Waals surface area (Å²) >= 11 is 0. The van der Waals surface area contributed by atoms with Crippen LogP contribution in [0.2, 0.25) is 0 Å². The molecule has 7 nitrogen and oxygen atoms in total. The summed E-state index contributed by atoms with van der Waals surface area (Å²) in [5.41, 5.74) is 5.54. The smallest absolute Gasteiger partial charge is 0.247 e. The SMILES string of the molecule is CS(=O)(=O)Nc1ccccc1NC(=O)C1(N)CCOC1. The number of para-hydroxylation sites is 2. The quantitative estimate of drug-likeness (QED) is 0.731. The standard InChI is InChI=1S/C12H17N3O4S/c1-20(17,18)15-10-5-3-2-4-9(10)14-11(16)12(13)6-7-19-8-12/h2-5,15H,6-8,13H2,1H3,(H,14,16). The van der Waals surface area contributed by atoms with Gasteiger partial charge in [-0.25, -0.2) is 8.42 Å². The lowest BCUT2D eigenvalue weighted by atomic mass is 9.99. The van der Waals surface area contributed by atoms with E-state index < -0.39 is 21.5 Å². The van der Waals surface area contributed by atoms with Crippen LogP contribution in [0.1, 0.15) is 6.42 Å². The molecule has 0 saturated carbocycles. The molecular formula is C12H17N3O4S. The van der Waals surface area contributed by atoms with Gasteiger partial charge in [0.05, 0.1) is 24.2 Å². The van der Waals surface area contributed by atoms with Gasteiger partial charge in [0.25, 0.3) is 0 Å². The number of carbonyl (C=O) groups is 1. The Morgan fingerprint density at radius 2 is 2.00 bits per heavy atom. The van der Waals surface area contributed by atoms with Crippen LogP contribution in [-0.4, -0.2) is 39.3 Å². The third-order valence-corrected chi connectivity index (χ3v) is 3.57. The molecule has 4 N–H and O–H groups in total. The molecule has 1 heterocycles. The number of nitrogens with two attached hydrogens (primary N) is 1. The first-order valence-electron chi connectivity index (χ1n) is 6.05. The van der Waals surface area contributed by atoms with Crippen molar-refractivity contribution in [3.63, 3.8) is 0 Å². The van der Waals surface area contributed by atoms with Gasteiger partial charge in [0, 0.05) is 6.61 Å². The van der Waals surface area contributed by atoms with E-state index in [0.29, 0.717) is 24.4 Å². The van der Waals surface area contributed by atoms with Crippen LogP contribution < -0.4 is 15.8 Å². The summed E-state index contributed by atoms with van der Waals surface area (Å²) < 4.78 is 30.1. The van der Waals surface area contributed by atoms with Gasteiger partial charge in [-0.1, -0.05) is 12.1 Å². The lowest BCUT2D eigenvalue weighted by molar-refractivity contribution is -0.121. The minimum Gasteiger partial charge on any atom is -0.379 e. The van der Waals surface area contributed by atoms with Gasteiger partial charge >= 0.3 is 0 Å². The first-order valence-corrected chi connectivity index (χ1v) is 7.94. The number of benzene rings is 1. The lowest BCUT2D eigenvalue weighted by Gasteiger charge is -2.21. The molecule has 8 heteroatoms. The van der Waals surface area contributed by atoms with E-state index in [1.165, 1.54) is 0 Å². The summed E-state index contributed by atoms with van der Waals surface area (Å²) in [6.07, 6.45) is 1.47. The number of rotatable bonds is 4. The summed E-state index contributed by atoms with van der Waals surface area (Å²) in [6.45, 7) is 0.591. The highest BCUT2D eigenvalue weighted by molar-refractivity contribution is 7.92. The number of carbonyl (C=O) groups excluding carboxylic acids is 1. The van der Waals surface area contributed by atoms with Crippen molar-refractivity contribution in [2.24, 2.45) is 5.73 Å². The van der Waals surface area contributed by atoms with E-state index in [1.54, 1.807) is 24.3 Å². The number of nitrogens with one attached hydrogen (secondary N) is 2. The number of hydrogen-bond acceptors (Lipinski definition) is 5. The van der Waals surface area contributed by atoms with Gasteiger partial charge in [0.1, 0.15) is 5.54 Å². The first-order chi connectivity index (χ1) is 9.30. The van der Waals surface area contributed by atoms with E-state index in [2.05, 4.69) is 10.0 Å². The number of sulfonamides is 1. The first kappa shape index (κ1) is 14.8. The maximum absolute atomic E-state index is 12.2. The zero-order valence-electron chi connectivity index (χ0n) is 11.0. The zero-order valence-corrected chi connectivity index (χ0v) is 11.9. The van der Waals surface area contributed by atoms with Crippen LogP contribution >= 0.6 is 0 Å². The second-order valence-corrected chi connectivity index (χ2v) is 6.58. The van der Waals surface area contributed by atoms with E-state index in [9.17, 15) is 13.2 Å². The molecule has 0 aromatic heterocycles. The molecule has 1 saturated heterocycles. The molecule has 1 unspecified atom stereocenters. The molecule has 0 spiro atoms. The predicted molar refractivity (Wildman–Crippen MR) is 75.9 cm³/mol. The zero-order chi connectivity index (χ0) is 14.8. The van der Waals surface area contributed by atoms with Crippen molar-refractivity contribution in [2.75, 3.05) is 29.5 Å². The Labute approximate surface area is 117 Å². The highest BCUT2D eigenvalue weighted by Crippen LogP contribution is 2.24. The van der Waals surface area contributed by atoms with Gasteiger partial charge in [0.15, 0.2) is 0 Å². The van der Waals surface area contributed by atoms with E-state index >= 15 is 0 Å². The fraction of sp³-hybridized carbons (Fsp3) is 0.417. The minimum absolute atomic E-state index is 0.153. The van der Waals surface area contributed by atoms with Crippen LogP contribution in [0.15, 0.2) is 24.3 Å². The maximum Gasteiger partial charge on any atom is 0.247 e. The average molecular weight is 299 g/mol. The molecule has 1 fully saturated rings. The molecule has 1 amide bonds. The van der Waals surface area contributed by atoms with Crippen LogP contribution in [0.25, 0.3) is 0 Å². The Hall–Kier alpha value is -1.64. The van der Waals surface area contributed by atoms with Crippen molar-refractivity contribution in [3.8, 4) is 0 Å². The highest BCUT2D eigenvalue weighted by Gasteiger charge is 2.38. The Kier molecular flexibility index (Phi) is 3.98. The largest absolute Gasteiger partial charge is 0.379 e. The Morgan fingerprint density at radius 3 is 2.55 bits per heavy atom. The van der Waals surface area contributed by atoms with Crippen molar-refractivity contribution >= 4 is 27.3 Å². The summed E-state index contributed by atoms with van der Waals surface area (Å²) in [5.74, 6) is -0.391. The lowest BCUT2D eigenvalue weighted by Crippen LogP contribution is -2.51. The molecule has 0 aliphatic carbocycles. The van der Waals surface area contributed by atoms with Gasteiger partial charge in [-0.3, -0.25) is 9.52 Å². The molecular weight excluding hydrogens is 282 g/mol. The molecule has 0 radical (unpaired) electrons. The van der Waals surface area contributed by atoms with Crippen LogP contribution in [0, 0.1) is 0 Å². The van der Waals surface area contributed by atoms with Crippen LogP contribution in [0.4, 0.5) is 11.4 Å². The predicted octanol–water partition coefficient (Wildman–Crippen LogP) is 0.114. The van der Waals surface area contributed by atoms with E-state index in [4.69, 9.17) is 10.5 Å². The molecule has 110 valence electrons. The third kappa shape index (κ3) is 3.47. The summed E-state index contributed by atoms with van der Waals surface area (Å²) in [6, 6.07) is 6.52. The van der Waals surface area contributed by atoms with Crippen molar-refractivity contribution in [2.45, 2.75) is 12.0 Å². The molecule has 1 aromatic rings. The van der Waals surface area contributed by atoms with Crippen LogP contribution in [-0.2, 0) is 19.6 Å². The van der Waals surface area contributed by atoms with Crippen molar-refractivity contribution < 1.29 is 17.9 Å². The fourth-order valence-electron chi connectivity index (χ4n) is 1.89. The van der Waals surface area contributed by atoms with Crippen molar-refractivity contribution in [1.82, 2.24) is 0 Å². The minimum atomic E-state index is -3.43.